The summed E-state index contributed by atoms with van der Waals surface area (Å²) in [5, 5.41) is 5.97. The Morgan fingerprint density at radius 3 is 2.53 bits per heavy atom. The number of nitrogens with zero attached hydrogens (tertiary/aromatic N) is 1. The molecule has 3 aliphatic rings. The van der Waals surface area contributed by atoms with Crippen LogP contribution in [-0.4, -0.2) is 60.6 Å². The van der Waals surface area contributed by atoms with E-state index in [1.807, 2.05) is 12.1 Å². The molecule has 8 heteroatoms. The molecule has 2 aromatic rings. The van der Waals surface area contributed by atoms with Crippen molar-refractivity contribution >= 4 is 23.4 Å². The lowest BCUT2D eigenvalue weighted by atomic mass is 9.94. The third kappa shape index (κ3) is 5.09. The van der Waals surface area contributed by atoms with Crippen LogP contribution in [0.4, 0.5) is 5.69 Å². The Labute approximate surface area is 211 Å². The van der Waals surface area contributed by atoms with Crippen LogP contribution in [0.1, 0.15) is 54.1 Å². The second kappa shape index (κ2) is 10.3. The molecule has 2 N–H and O–H groups in total. The number of fused-ring (bicyclic) bond motifs is 3. The molecule has 0 unspecified atom stereocenters. The van der Waals surface area contributed by atoms with Crippen molar-refractivity contribution in [2.24, 2.45) is 0 Å². The Bertz CT molecular complexity index is 1140. The predicted molar refractivity (Wildman–Crippen MR) is 135 cm³/mol. The van der Waals surface area contributed by atoms with E-state index < -0.39 is 0 Å². The van der Waals surface area contributed by atoms with Gasteiger partial charge in [0.15, 0.2) is 0 Å². The SMILES string of the molecule is CCC(=O)Nc1ccc2c(c1)C(=O)N(C)[C@H]1CC[C@H](CC(=O)NC3Cc4ccccc4C3)O[C@@H]1CO2. The summed E-state index contributed by atoms with van der Waals surface area (Å²) in [6.45, 7) is 2.06. The van der Waals surface area contributed by atoms with Gasteiger partial charge in [0, 0.05) is 25.2 Å². The largest absolute Gasteiger partial charge is 0.490 e. The highest BCUT2D eigenvalue weighted by Gasteiger charge is 2.39. The number of rotatable bonds is 5. The van der Waals surface area contributed by atoms with E-state index >= 15 is 0 Å². The zero-order valence-corrected chi connectivity index (χ0v) is 20.8. The van der Waals surface area contributed by atoms with Gasteiger partial charge in [0.1, 0.15) is 18.5 Å². The molecule has 1 saturated heterocycles. The lowest BCUT2D eigenvalue weighted by Crippen LogP contribution is -2.54. The van der Waals surface area contributed by atoms with E-state index in [2.05, 4.69) is 22.8 Å². The van der Waals surface area contributed by atoms with Gasteiger partial charge in [0.2, 0.25) is 11.8 Å². The van der Waals surface area contributed by atoms with Crippen molar-refractivity contribution in [2.45, 2.75) is 69.7 Å². The fraction of sp³-hybridized carbons (Fsp3) is 0.464. The van der Waals surface area contributed by atoms with Gasteiger partial charge in [-0.05, 0) is 55.0 Å². The van der Waals surface area contributed by atoms with Crippen molar-refractivity contribution in [3.8, 4) is 5.75 Å². The van der Waals surface area contributed by atoms with Gasteiger partial charge in [0.25, 0.3) is 5.91 Å². The molecule has 1 aliphatic carbocycles. The van der Waals surface area contributed by atoms with Crippen molar-refractivity contribution in [3.05, 3.63) is 59.2 Å². The fourth-order valence-corrected chi connectivity index (χ4v) is 5.51. The number of amides is 3. The van der Waals surface area contributed by atoms with Crippen LogP contribution in [0, 0.1) is 0 Å². The summed E-state index contributed by atoms with van der Waals surface area (Å²) in [5.41, 5.74) is 3.60. The van der Waals surface area contributed by atoms with E-state index in [1.54, 1.807) is 37.1 Å². The number of hydrogen-bond donors (Lipinski definition) is 2. The predicted octanol–water partition coefficient (Wildman–Crippen LogP) is 3.09. The number of anilines is 1. The minimum atomic E-state index is -0.325. The van der Waals surface area contributed by atoms with Gasteiger partial charge in [-0.15, -0.1) is 0 Å². The number of nitrogens with one attached hydrogen (secondary N) is 2. The van der Waals surface area contributed by atoms with E-state index in [0.717, 1.165) is 19.3 Å². The second-order valence-corrected chi connectivity index (χ2v) is 9.93. The first-order valence-corrected chi connectivity index (χ1v) is 12.8. The van der Waals surface area contributed by atoms with Gasteiger partial charge in [-0.1, -0.05) is 31.2 Å². The zero-order chi connectivity index (χ0) is 25.2. The third-order valence-electron chi connectivity index (χ3n) is 7.45. The summed E-state index contributed by atoms with van der Waals surface area (Å²) in [6, 6.07) is 13.4. The van der Waals surface area contributed by atoms with Crippen LogP contribution in [0.3, 0.4) is 0 Å². The molecule has 0 spiro atoms. The zero-order valence-electron chi connectivity index (χ0n) is 20.8. The van der Waals surface area contributed by atoms with E-state index in [4.69, 9.17) is 9.47 Å². The van der Waals surface area contributed by atoms with Crippen molar-refractivity contribution in [2.75, 3.05) is 19.0 Å². The summed E-state index contributed by atoms with van der Waals surface area (Å²) in [4.78, 5) is 39.6. The molecule has 36 heavy (non-hydrogen) atoms. The lowest BCUT2D eigenvalue weighted by Gasteiger charge is -2.42. The van der Waals surface area contributed by atoms with Crippen LogP contribution in [0.15, 0.2) is 42.5 Å². The number of hydrogen-bond acceptors (Lipinski definition) is 5. The molecule has 2 heterocycles. The Morgan fingerprint density at radius 1 is 1.06 bits per heavy atom. The van der Waals surface area contributed by atoms with E-state index in [9.17, 15) is 14.4 Å². The van der Waals surface area contributed by atoms with Crippen molar-refractivity contribution in [3.63, 3.8) is 0 Å². The third-order valence-corrected chi connectivity index (χ3v) is 7.45. The second-order valence-electron chi connectivity index (χ2n) is 9.93. The molecule has 8 nitrogen and oxygen atoms in total. The maximum absolute atomic E-state index is 13.3. The van der Waals surface area contributed by atoms with Crippen LogP contribution >= 0.6 is 0 Å². The number of carbonyl (C=O) groups excluding carboxylic acids is 3. The fourth-order valence-electron chi connectivity index (χ4n) is 5.51. The molecule has 2 aromatic carbocycles. The van der Waals surface area contributed by atoms with Crippen molar-refractivity contribution in [1.82, 2.24) is 10.2 Å². The van der Waals surface area contributed by atoms with Crippen LogP contribution < -0.4 is 15.4 Å². The average molecular weight is 492 g/mol. The number of benzene rings is 2. The Kier molecular flexibility index (Phi) is 6.96. The van der Waals surface area contributed by atoms with Gasteiger partial charge < -0.3 is 25.0 Å². The first-order chi connectivity index (χ1) is 17.4. The normalized spacial score (nSPS) is 23.4. The molecular weight excluding hydrogens is 458 g/mol. The molecule has 190 valence electrons. The topological polar surface area (TPSA) is 97.0 Å². The molecular formula is C28H33N3O5. The lowest BCUT2D eigenvalue weighted by molar-refractivity contribution is -0.134. The highest BCUT2D eigenvalue weighted by atomic mass is 16.5. The van der Waals surface area contributed by atoms with Crippen LogP contribution in [0.25, 0.3) is 0 Å². The summed E-state index contributed by atoms with van der Waals surface area (Å²) in [7, 11) is 1.78. The van der Waals surface area contributed by atoms with Gasteiger partial charge >= 0.3 is 0 Å². The van der Waals surface area contributed by atoms with Gasteiger partial charge in [-0.3, -0.25) is 14.4 Å². The van der Waals surface area contributed by atoms with Crippen LogP contribution in [-0.2, 0) is 27.2 Å². The smallest absolute Gasteiger partial charge is 0.257 e. The molecule has 2 aliphatic heterocycles. The van der Waals surface area contributed by atoms with E-state index in [1.165, 1.54) is 11.1 Å². The highest BCUT2D eigenvalue weighted by Crippen LogP contribution is 2.32. The van der Waals surface area contributed by atoms with Crippen LogP contribution in [0.5, 0.6) is 5.75 Å². The van der Waals surface area contributed by atoms with Crippen molar-refractivity contribution < 1.29 is 23.9 Å². The summed E-state index contributed by atoms with van der Waals surface area (Å²) >= 11 is 0. The number of ether oxygens (including phenoxy) is 2. The van der Waals surface area contributed by atoms with E-state index in [-0.39, 0.29) is 48.6 Å². The number of likely N-dealkylation sites (N-methyl/N-ethyl adjacent to an activating group) is 1. The van der Waals surface area contributed by atoms with Gasteiger partial charge in [-0.2, -0.15) is 0 Å². The summed E-state index contributed by atoms with van der Waals surface area (Å²) in [5.74, 6) is 0.173. The molecule has 0 saturated carbocycles. The molecule has 3 amide bonds. The minimum absolute atomic E-state index is 0.000508. The van der Waals surface area contributed by atoms with Crippen LogP contribution in [0.2, 0.25) is 0 Å². The Balaban J connectivity index is 1.20. The van der Waals surface area contributed by atoms with E-state index in [0.29, 0.717) is 36.3 Å². The van der Waals surface area contributed by atoms with Gasteiger partial charge in [0.05, 0.1) is 24.1 Å². The molecule has 1 fully saturated rings. The van der Waals surface area contributed by atoms with Gasteiger partial charge in [-0.25, -0.2) is 0 Å². The first kappa shape index (κ1) is 24.3. The molecule has 0 aromatic heterocycles. The average Bonchev–Trinajstić information content (AvgIpc) is 3.28. The molecule has 3 atom stereocenters. The summed E-state index contributed by atoms with van der Waals surface area (Å²) in [6.07, 6.45) is 3.26. The monoisotopic (exact) mass is 491 g/mol. The quantitative estimate of drug-likeness (QED) is 0.670. The minimum Gasteiger partial charge on any atom is -0.490 e. The van der Waals surface area contributed by atoms with Crippen molar-refractivity contribution in [1.29, 1.82) is 0 Å². The Hall–Kier alpha value is -3.39. The Morgan fingerprint density at radius 2 is 1.81 bits per heavy atom. The summed E-state index contributed by atoms with van der Waals surface area (Å²) < 4.78 is 12.3. The molecule has 5 rings (SSSR count). The maximum atomic E-state index is 13.3. The number of carbonyl (C=O) groups is 3. The standard InChI is InChI=1S/C28H33N3O5/c1-3-26(32)29-19-8-11-24-22(14-19)28(34)31(2)23-10-9-21(36-25(23)16-35-24)15-27(33)30-20-12-17-6-4-5-7-18(17)13-20/h4-8,11,14,20-21,23,25H,3,9-10,12-13,15-16H2,1-2H3,(H,29,32)(H,30,33)/t21-,23+,25-/m1/s1. The molecule has 0 bridgehead atoms. The first-order valence-electron chi connectivity index (χ1n) is 12.8. The molecule has 0 radical (unpaired) electrons. The maximum Gasteiger partial charge on any atom is 0.257 e. The highest BCUT2D eigenvalue weighted by molar-refractivity contribution is 5.99.